The molecule has 4 nitrogen and oxygen atoms in total. The van der Waals surface area contributed by atoms with Gasteiger partial charge in [-0.05, 0) is 32.3 Å². The summed E-state index contributed by atoms with van der Waals surface area (Å²) >= 11 is 0. The zero-order chi connectivity index (χ0) is 11.3. The van der Waals surface area contributed by atoms with E-state index in [0.29, 0.717) is 6.42 Å². The van der Waals surface area contributed by atoms with Crippen molar-refractivity contribution in [1.82, 2.24) is 6.15 Å². The van der Waals surface area contributed by atoms with E-state index in [0.717, 1.165) is 6.42 Å². The van der Waals surface area contributed by atoms with E-state index in [-0.39, 0.29) is 6.15 Å². The summed E-state index contributed by atoms with van der Waals surface area (Å²) in [5.74, 6) is 0. The minimum Gasteiger partial charge on any atom is -0.450 e. The van der Waals surface area contributed by atoms with Gasteiger partial charge in [-0.15, -0.1) is 0 Å². The number of ether oxygens (including phenoxy) is 1. The van der Waals surface area contributed by atoms with Crippen LogP contribution in [0.3, 0.4) is 0 Å². The molecule has 0 atom stereocenters. The molecular formula is C12H19NO3. The number of hydrogen-bond donors (Lipinski definition) is 2. The molecule has 0 saturated carbocycles. The van der Waals surface area contributed by atoms with E-state index in [1.165, 1.54) is 5.56 Å². The SMILES string of the molecule is CC(C)(CCc1ccccc1)OC(=O)O.N. The Morgan fingerprint density at radius 2 is 1.88 bits per heavy atom. The molecule has 0 aromatic heterocycles. The molecule has 4 heteroatoms. The fourth-order valence-electron chi connectivity index (χ4n) is 1.38. The maximum absolute atomic E-state index is 10.4. The van der Waals surface area contributed by atoms with Crippen molar-refractivity contribution < 1.29 is 14.6 Å². The minimum atomic E-state index is -1.21. The maximum atomic E-state index is 10.4. The Balaban J connectivity index is 0.00000225. The van der Waals surface area contributed by atoms with Crippen LogP contribution in [0.1, 0.15) is 25.8 Å². The molecule has 16 heavy (non-hydrogen) atoms. The van der Waals surface area contributed by atoms with E-state index in [1.807, 2.05) is 30.3 Å². The Hall–Kier alpha value is -1.55. The first-order chi connectivity index (χ1) is 6.99. The number of carboxylic acid groups (broad SMARTS) is 1. The highest BCUT2D eigenvalue weighted by Crippen LogP contribution is 2.17. The number of hydrogen-bond acceptors (Lipinski definition) is 3. The Bertz CT molecular complexity index is 322. The third kappa shape index (κ3) is 5.36. The van der Waals surface area contributed by atoms with Crippen molar-refractivity contribution in [3.63, 3.8) is 0 Å². The third-order valence-corrected chi connectivity index (χ3v) is 2.22. The lowest BCUT2D eigenvalue weighted by Crippen LogP contribution is -2.27. The van der Waals surface area contributed by atoms with Gasteiger partial charge in [0.25, 0.3) is 0 Å². The molecule has 0 amide bonds. The van der Waals surface area contributed by atoms with Crippen LogP contribution < -0.4 is 6.15 Å². The summed E-state index contributed by atoms with van der Waals surface area (Å²) in [7, 11) is 0. The zero-order valence-corrected chi connectivity index (χ0v) is 9.77. The maximum Gasteiger partial charge on any atom is 0.506 e. The van der Waals surface area contributed by atoms with E-state index in [1.54, 1.807) is 13.8 Å². The summed E-state index contributed by atoms with van der Waals surface area (Å²) in [5.41, 5.74) is 0.571. The second-order valence-corrected chi connectivity index (χ2v) is 4.11. The van der Waals surface area contributed by atoms with Crippen molar-refractivity contribution in [3.8, 4) is 0 Å². The monoisotopic (exact) mass is 225 g/mol. The van der Waals surface area contributed by atoms with Crippen LogP contribution in [0.25, 0.3) is 0 Å². The van der Waals surface area contributed by atoms with Gasteiger partial charge in [-0.3, -0.25) is 0 Å². The quantitative estimate of drug-likeness (QED) is 0.770. The molecular weight excluding hydrogens is 206 g/mol. The molecule has 0 aliphatic heterocycles. The average Bonchev–Trinajstić information content (AvgIpc) is 2.15. The fraction of sp³-hybridized carbons (Fsp3) is 0.417. The molecule has 0 spiro atoms. The van der Waals surface area contributed by atoms with Crippen molar-refractivity contribution in [2.45, 2.75) is 32.3 Å². The van der Waals surface area contributed by atoms with Crippen LogP contribution >= 0.6 is 0 Å². The fourth-order valence-corrected chi connectivity index (χ4v) is 1.38. The van der Waals surface area contributed by atoms with Gasteiger partial charge in [0.2, 0.25) is 0 Å². The molecule has 0 unspecified atom stereocenters. The first kappa shape index (κ1) is 14.5. The van der Waals surface area contributed by atoms with Crippen LogP contribution in [0.4, 0.5) is 4.79 Å². The number of aryl methyl sites for hydroxylation is 1. The first-order valence-corrected chi connectivity index (χ1v) is 4.95. The molecule has 0 heterocycles. The van der Waals surface area contributed by atoms with Gasteiger partial charge in [-0.1, -0.05) is 30.3 Å². The number of rotatable bonds is 4. The highest BCUT2D eigenvalue weighted by molar-refractivity contribution is 5.57. The largest absolute Gasteiger partial charge is 0.506 e. The van der Waals surface area contributed by atoms with Crippen LogP contribution in [0.15, 0.2) is 30.3 Å². The average molecular weight is 225 g/mol. The normalized spacial score (nSPS) is 10.4. The minimum absolute atomic E-state index is 0. The zero-order valence-electron chi connectivity index (χ0n) is 9.77. The van der Waals surface area contributed by atoms with Crippen molar-refractivity contribution in [3.05, 3.63) is 35.9 Å². The van der Waals surface area contributed by atoms with Gasteiger partial charge >= 0.3 is 6.16 Å². The standard InChI is InChI=1S/C12H16O3.H3N/c1-12(2,15-11(13)14)9-8-10-6-4-3-5-7-10;/h3-7H,8-9H2,1-2H3,(H,13,14);1H3. The Morgan fingerprint density at radius 1 is 1.31 bits per heavy atom. The molecule has 0 fully saturated rings. The van der Waals surface area contributed by atoms with Crippen LogP contribution in [0.2, 0.25) is 0 Å². The lowest BCUT2D eigenvalue weighted by molar-refractivity contribution is -0.000724. The third-order valence-electron chi connectivity index (χ3n) is 2.22. The van der Waals surface area contributed by atoms with Crippen LogP contribution in [-0.2, 0) is 11.2 Å². The van der Waals surface area contributed by atoms with Crippen molar-refractivity contribution >= 4 is 6.16 Å². The molecule has 90 valence electrons. The summed E-state index contributed by atoms with van der Waals surface area (Å²) in [6.07, 6.45) is 0.290. The smallest absolute Gasteiger partial charge is 0.450 e. The molecule has 0 aliphatic carbocycles. The van der Waals surface area contributed by atoms with E-state index < -0.39 is 11.8 Å². The Kier molecular flexibility index (Phi) is 5.53. The lowest BCUT2D eigenvalue weighted by Gasteiger charge is -2.22. The van der Waals surface area contributed by atoms with E-state index >= 15 is 0 Å². The van der Waals surface area contributed by atoms with Crippen molar-refractivity contribution in [1.29, 1.82) is 0 Å². The van der Waals surface area contributed by atoms with E-state index in [4.69, 9.17) is 9.84 Å². The molecule has 0 radical (unpaired) electrons. The highest BCUT2D eigenvalue weighted by Gasteiger charge is 2.22. The topological polar surface area (TPSA) is 81.5 Å². The molecule has 4 N–H and O–H groups in total. The summed E-state index contributed by atoms with van der Waals surface area (Å²) in [5, 5.41) is 8.52. The molecule has 0 saturated heterocycles. The van der Waals surface area contributed by atoms with Crippen LogP contribution in [0.5, 0.6) is 0 Å². The van der Waals surface area contributed by atoms with Crippen molar-refractivity contribution in [2.24, 2.45) is 0 Å². The second kappa shape index (κ2) is 6.12. The van der Waals surface area contributed by atoms with Gasteiger partial charge in [0.05, 0.1) is 0 Å². The number of benzene rings is 1. The van der Waals surface area contributed by atoms with E-state index in [9.17, 15) is 4.79 Å². The van der Waals surface area contributed by atoms with Crippen molar-refractivity contribution in [2.75, 3.05) is 0 Å². The second-order valence-electron chi connectivity index (χ2n) is 4.11. The van der Waals surface area contributed by atoms with Crippen LogP contribution in [0, 0.1) is 0 Å². The summed E-state index contributed by atoms with van der Waals surface area (Å²) < 4.78 is 4.78. The molecule has 0 aliphatic rings. The van der Waals surface area contributed by atoms with Gasteiger partial charge in [0, 0.05) is 0 Å². The van der Waals surface area contributed by atoms with E-state index in [2.05, 4.69) is 0 Å². The summed E-state index contributed by atoms with van der Waals surface area (Å²) in [4.78, 5) is 10.4. The van der Waals surface area contributed by atoms with Gasteiger partial charge < -0.3 is 16.0 Å². The summed E-state index contributed by atoms with van der Waals surface area (Å²) in [6.45, 7) is 3.56. The highest BCUT2D eigenvalue weighted by atomic mass is 16.7. The molecule has 0 bridgehead atoms. The van der Waals surface area contributed by atoms with Crippen LogP contribution in [-0.4, -0.2) is 16.9 Å². The Morgan fingerprint density at radius 3 is 2.38 bits per heavy atom. The summed E-state index contributed by atoms with van der Waals surface area (Å²) in [6, 6.07) is 9.96. The number of carbonyl (C=O) groups is 1. The Labute approximate surface area is 95.8 Å². The van der Waals surface area contributed by atoms with Gasteiger partial charge in [0.1, 0.15) is 5.60 Å². The predicted octanol–water partition coefficient (Wildman–Crippen LogP) is 3.25. The molecule has 1 aromatic rings. The predicted molar refractivity (Wildman–Crippen MR) is 63.0 cm³/mol. The van der Waals surface area contributed by atoms with Gasteiger partial charge in [-0.2, -0.15) is 0 Å². The van der Waals surface area contributed by atoms with Gasteiger partial charge in [0.15, 0.2) is 0 Å². The molecule has 1 aromatic carbocycles. The first-order valence-electron chi connectivity index (χ1n) is 4.95. The molecule has 1 rings (SSSR count). The van der Waals surface area contributed by atoms with Gasteiger partial charge in [-0.25, -0.2) is 4.79 Å². The lowest BCUT2D eigenvalue weighted by atomic mass is 9.99.